The highest BCUT2D eigenvalue weighted by molar-refractivity contribution is 5.74. The third-order valence-corrected chi connectivity index (χ3v) is 3.69. The quantitative estimate of drug-likeness (QED) is 0.577. The molecule has 0 bridgehead atoms. The van der Waals surface area contributed by atoms with Gasteiger partial charge in [0.1, 0.15) is 5.82 Å². The molecule has 0 atom stereocenters. The monoisotopic (exact) mass is 282 g/mol. The van der Waals surface area contributed by atoms with Crippen LogP contribution in [0.1, 0.15) is 31.2 Å². The van der Waals surface area contributed by atoms with Crippen molar-refractivity contribution in [3.63, 3.8) is 0 Å². The molecule has 0 fully saturated rings. The van der Waals surface area contributed by atoms with Crippen molar-refractivity contribution >= 4 is 11.0 Å². The van der Waals surface area contributed by atoms with E-state index in [0.29, 0.717) is 0 Å². The second-order valence-corrected chi connectivity index (χ2v) is 5.30. The average molecular weight is 282 g/mol. The molecule has 0 amide bonds. The summed E-state index contributed by atoms with van der Waals surface area (Å²) in [6.07, 6.45) is 6.54. The van der Waals surface area contributed by atoms with E-state index in [2.05, 4.69) is 40.7 Å². The van der Waals surface area contributed by atoms with Crippen LogP contribution in [0, 0.1) is 0 Å². The lowest BCUT2D eigenvalue weighted by Crippen LogP contribution is -2.28. The Kier molecular flexibility index (Phi) is 3.86. The van der Waals surface area contributed by atoms with Crippen LogP contribution >= 0.6 is 0 Å². The summed E-state index contributed by atoms with van der Waals surface area (Å²) in [6.45, 7) is 3.00. The minimum atomic E-state index is 0.811. The van der Waals surface area contributed by atoms with E-state index >= 15 is 0 Å². The van der Waals surface area contributed by atoms with Crippen LogP contribution in [0.3, 0.4) is 0 Å². The predicted molar refractivity (Wildman–Crippen MR) is 81.3 cm³/mol. The fraction of sp³-hybridized carbons (Fsp3) is 0.294. The Labute approximate surface area is 124 Å². The first-order chi connectivity index (χ1) is 10.3. The van der Waals surface area contributed by atoms with Gasteiger partial charge in [-0.05, 0) is 12.0 Å². The molecule has 2 heterocycles. The third kappa shape index (κ3) is 2.89. The topological polar surface area (TPSA) is 41.9 Å². The van der Waals surface area contributed by atoms with Crippen molar-refractivity contribution < 1.29 is 9.94 Å². The van der Waals surface area contributed by atoms with E-state index in [1.165, 1.54) is 5.56 Å². The summed E-state index contributed by atoms with van der Waals surface area (Å²) in [5.74, 6) is 1.09. The fourth-order valence-corrected chi connectivity index (χ4v) is 2.59. The van der Waals surface area contributed by atoms with Crippen LogP contribution in [0.15, 0.2) is 48.8 Å². The minimum absolute atomic E-state index is 0.811. The van der Waals surface area contributed by atoms with Crippen molar-refractivity contribution in [3.8, 4) is 0 Å². The summed E-state index contributed by atoms with van der Waals surface area (Å²) in [5.41, 5.74) is 3.16. The molecule has 21 heavy (non-hydrogen) atoms. The number of hydrogen-bond acceptors (Lipinski definition) is 2. The Morgan fingerprint density at radius 1 is 1.19 bits per heavy atom. The Morgan fingerprint density at radius 3 is 2.76 bits per heavy atom. The zero-order valence-electron chi connectivity index (χ0n) is 12.2. The molecular weight excluding hydrogens is 262 g/mol. The first-order valence-corrected chi connectivity index (χ1v) is 7.41. The van der Waals surface area contributed by atoms with Crippen molar-refractivity contribution in [2.24, 2.45) is 0 Å². The Morgan fingerprint density at radius 2 is 2.00 bits per heavy atom. The normalized spacial score (nSPS) is 11.1. The molecule has 0 aliphatic rings. The highest BCUT2D eigenvalue weighted by atomic mass is 16.5. The van der Waals surface area contributed by atoms with Crippen molar-refractivity contribution in [1.82, 2.24) is 9.55 Å². The maximum absolute atomic E-state index is 9.56. The van der Waals surface area contributed by atoms with E-state index < -0.39 is 0 Å². The number of pyridine rings is 1. The van der Waals surface area contributed by atoms with Crippen molar-refractivity contribution in [3.05, 3.63) is 60.2 Å². The van der Waals surface area contributed by atoms with Crippen molar-refractivity contribution in [2.45, 2.75) is 32.7 Å². The summed E-state index contributed by atoms with van der Waals surface area (Å²) in [6, 6.07) is 12.3. The van der Waals surface area contributed by atoms with E-state index in [0.717, 1.165) is 47.4 Å². The molecule has 3 rings (SSSR count). The van der Waals surface area contributed by atoms with Gasteiger partial charge in [0.05, 0.1) is 5.52 Å². The summed E-state index contributed by atoms with van der Waals surface area (Å²) in [4.78, 5) is 4.69. The van der Waals surface area contributed by atoms with Crippen LogP contribution in [0.5, 0.6) is 0 Å². The second kappa shape index (κ2) is 5.95. The van der Waals surface area contributed by atoms with Crippen LogP contribution in [-0.4, -0.2) is 14.8 Å². The third-order valence-electron chi connectivity index (χ3n) is 3.69. The van der Waals surface area contributed by atoms with Crippen LogP contribution < -0.4 is 4.73 Å². The number of fused-ring (bicyclic) bond motifs is 1. The lowest BCUT2D eigenvalue weighted by molar-refractivity contribution is -0.904. The molecule has 0 aliphatic heterocycles. The molecule has 1 N–H and O–H groups in total. The zero-order valence-corrected chi connectivity index (χ0v) is 12.2. The van der Waals surface area contributed by atoms with Gasteiger partial charge in [0, 0.05) is 23.8 Å². The molecule has 0 saturated heterocycles. The van der Waals surface area contributed by atoms with Gasteiger partial charge in [-0.25, -0.2) is 4.98 Å². The van der Waals surface area contributed by atoms with Gasteiger partial charge < -0.3 is 4.57 Å². The molecule has 108 valence electrons. The summed E-state index contributed by atoms with van der Waals surface area (Å²) in [7, 11) is 0. The van der Waals surface area contributed by atoms with Crippen LogP contribution in [0.2, 0.25) is 0 Å². The van der Waals surface area contributed by atoms with Gasteiger partial charge in [-0.1, -0.05) is 43.7 Å². The number of aryl methyl sites for hydroxylation is 1. The van der Waals surface area contributed by atoms with Gasteiger partial charge >= 0.3 is 0 Å². The molecule has 4 nitrogen and oxygen atoms in total. The molecule has 0 spiro atoms. The standard InChI is InChI=1S/C17H20N3O/c1-2-3-9-17-18-15-13-19(21)11-10-16(15)20(17)12-14-7-5-4-6-8-14/h4-8,10-11,13,21H,2-3,9,12H2,1H3/q+1. The lowest BCUT2D eigenvalue weighted by atomic mass is 10.2. The zero-order chi connectivity index (χ0) is 14.7. The summed E-state index contributed by atoms with van der Waals surface area (Å²) < 4.78 is 3.31. The molecule has 1 aromatic carbocycles. The van der Waals surface area contributed by atoms with Crippen molar-refractivity contribution in [1.29, 1.82) is 0 Å². The van der Waals surface area contributed by atoms with Gasteiger partial charge in [-0.2, -0.15) is 0 Å². The van der Waals surface area contributed by atoms with E-state index in [4.69, 9.17) is 0 Å². The van der Waals surface area contributed by atoms with Crippen molar-refractivity contribution in [2.75, 3.05) is 0 Å². The van der Waals surface area contributed by atoms with Gasteiger partial charge in [-0.3, -0.25) is 5.21 Å². The Bertz CT molecular complexity index is 734. The minimum Gasteiger partial charge on any atom is -0.323 e. The number of nitrogens with zero attached hydrogens (tertiary/aromatic N) is 3. The second-order valence-electron chi connectivity index (χ2n) is 5.30. The number of aromatic nitrogens is 3. The van der Waals surface area contributed by atoms with Gasteiger partial charge in [0.2, 0.25) is 12.4 Å². The highest BCUT2D eigenvalue weighted by Crippen LogP contribution is 2.18. The Hall–Kier alpha value is -2.36. The molecule has 4 heteroatoms. The van der Waals surface area contributed by atoms with Gasteiger partial charge in [0.25, 0.3) is 0 Å². The molecule has 0 unspecified atom stereocenters. The van der Waals surface area contributed by atoms with Crippen LogP contribution in [0.25, 0.3) is 11.0 Å². The first kappa shape index (κ1) is 13.6. The molecule has 0 radical (unpaired) electrons. The number of unbranched alkanes of at least 4 members (excludes halogenated alkanes) is 1. The number of benzene rings is 1. The van der Waals surface area contributed by atoms with Gasteiger partial charge in [-0.15, -0.1) is 0 Å². The molecule has 0 saturated carbocycles. The van der Waals surface area contributed by atoms with E-state index in [9.17, 15) is 5.21 Å². The van der Waals surface area contributed by atoms with E-state index in [1.54, 1.807) is 12.4 Å². The lowest BCUT2D eigenvalue weighted by Gasteiger charge is -2.08. The summed E-state index contributed by atoms with van der Waals surface area (Å²) >= 11 is 0. The highest BCUT2D eigenvalue weighted by Gasteiger charge is 2.14. The smallest absolute Gasteiger partial charge is 0.249 e. The predicted octanol–water partition coefficient (Wildman–Crippen LogP) is 2.95. The van der Waals surface area contributed by atoms with E-state index in [1.807, 2.05) is 12.1 Å². The maximum Gasteiger partial charge on any atom is 0.249 e. The maximum atomic E-state index is 9.56. The summed E-state index contributed by atoms with van der Waals surface area (Å²) in [5, 5.41) is 9.56. The fourth-order valence-electron chi connectivity index (χ4n) is 2.59. The SMILES string of the molecule is CCCCc1nc2c[n+](O)ccc2n1Cc1ccccc1. The van der Waals surface area contributed by atoms with Crippen LogP contribution in [-0.2, 0) is 13.0 Å². The number of hydrogen-bond donors (Lipinski definition) is 1. The Balaban J connectivity index is 2.04. The number of rotatable bonds is 5. The van der Waals surface area contributed by atoms with Gasteiger partial charge in [0.15, 0.2) is 5.52 Å². The molecule has 2 aromatic heterocycles. The largest absolute Gasteiger partial charge is 0.323 e. The average Bonchev–Trinajstić information content (AvgIpc) is 2.83. The molecule has 0 aliphatic carbocycles. The number of imidazole rings is 1. The molecular formula is C17H20N3O+. The first-order valence-electron chi connectivity index (χ1n) is 7.41. The van der Waals surface area contributed by atoms with E-state index in [-0.39, 0.29) is 0 Å². The van der Waals surface area contributed by atoms with Crippen LogP contribution in [0.4, 0.5) is 0 Å². The molecule has 3 aromatic rings.